The van der Waals surface area contributed by atoms with E-state index >= 15 is 0 Å². The number of carbonyl (C=O) groups is 4. The van der Waals surface area contributed by atoms with Crippen LogP contribution < -0.4 is 5.32 Å². The van der Waals surface area contributed by atoms with Gasteiger partial charge < -0.3 is 23.7 Å². The van der Waals surface area contributed by atoms with Gasteiger partial charge in [-0.1, -0.05) is 13.8 Å². The van der Waals surface area contributed by atoms with Gasteiger partial charge in [-0.3, -0.25) is 24.5 Å². The summed E-state index contributed by atoms with van der Waals surface area (Å²) in [5.41, 5.74) is -3.72. The van der Waals surface area contributed by atoms with E-state index < -0.39 is 82.2 Å². The molecule has 0 spiro atoms. The van der Waals surface area contributed by atoms with E-state index in [2.05, 4.69) is 11.4 Å². The largest absolute Gasteiger partial charge is 0.462 e. The predicted octanol–water partition coefficient (Wildman–Crippen LogP) is 4.31. The highest BCUT2D eigenvalue weighted by atomic mass is 16.7. The van der Waals surface area contributed by atoms with Crippen LogP contribution >= 0.6 is 0 Å². The lowest BCUT2D eigenvalue weighted by molar-refractivity contribution is -0.265. The zero-order valence-electron chi connectivity index (χ0n) is 27.9. The second-order valence-corrected chi connectivity index (χ2v) is 15.3. The summed E-state index contributed by atoms with van der Waals surface area (Å²) in [6.45, 7) is 23.3. The van der Waals surface area contributed by atoms with Crippen LogP contribution in [-0.2, 0) is 42.9 Å². The van der Waals surface area contributed by atoms with E-state index in [1.165, 1.54) is 0 Å². The van der Waals surface area contributed by atoms with Crippen molar-refractivity contribution in [1.29, 1.82) is 5.26 Å². The summed E-state index contributed by atoms with van der Waals surface area (Å²) in [4.78, 5) is 52.4. The maximum absolute atomic E-state index is 13.3. The number of ether oxygens (including phenoxy) is 5. The van der Waals surface area contributed by atoms with Crippen LogP contribution in [0.15, 0.2) is 0 Å². The molecule has 6 atom stereocenters. The average molecular weight is 597 g/mol. The maximum Gasteiger partial charge on any atom is 0.311 e. The Hall–Kier alpha value is -2.71. The van der Waals surface area contributed by atoms with Gasteiger partial charge in [0.1, 0.15) is 12.7 Å². The first-order valence-electron chi connectivity index (χ1n) is 14.4. The number of esters is 4. The standard InChI is InChI=1S/C31H52N2O9/c1-17(2)18(15-32)33-23-22(42-27(37)31(12,13)14)21(41-26(36)30(9,10)11)20(40-25(35)29(6,7)8)19(39-23)16-38-24(34)28(3,4)5/h17-23,33H,16H2,1-14H3/t18-,19+,20-,21-,22+,23+/m0/s1. The Morgan fingerprint density at radius 1 is 0.690 bits per heavy atom. The van der Waals surface area contributed by atoms with Gasteiger partial charge in [0.25, 0.3) is 0 Å². The first-order chi connectivity index (χ1) is 18.8. The SMILES string of the molecule is CC(C)[C@H](C#N)N[C@@H]1O[C@H](COC(=O)C(C)(C)C)[C@H](OC(=O)C(C)(C)C)[C@H](OC(=O)C(C)(C)C)[C@H]1OC(=O)C(C)(C)C. The third-order valence-electron chi connectivity index (χ3n) is 6.34. The first kappa shape index (κ1) is 37.3. The second kappa shape index (κ2) is 13.7. The lowest BCUT2D eigenvalue weighted by Gasteiger charge is -2.46. The van der Waals surface area contributed by atoms with Gasteiger partial charge in [0.2, 0.25) is 0 Å². The Kier molecular flexibility index (Phi) is 12.2. The van der Waals surface area contributed by atoms with Gasteiger partial charge in [0.05, 0.1) is 33.8 Å². The molecule has 0 aromatic rings. The lowest BCUT2D eigenvalue weighted by atomic mass is 9.92. The van der Waals surface area contributed by atoms with Crippen molar-refractivity contribution in [1.82, 2.24) is 5.32 Å². The topological polar surface area (TPSA) is 150 Å². The molecule has 0 aromatic heterocycles. The first-order valence-corrected chi connectivity index (χ1v) is 14.4. The Morgan fingerprint density at radius 2 is 1.07 bits per heavy atom. The molecule has 1 rings (SSSR count). The van der Waals surface area contributed by atoms with Crippen molar-refractivity contribution in [3.8, 4) is 6.07 Å². The summed E-state index contributed by atoms with van der Waals surface area (Å²) in [5, 5.41) is 12.9. The van der Waals surface area contributed by atoms with Crippen LogP contribution in [0.2, 0.25) is 0 Å². The van der Waals surface area contributed by atoms with E-state index in [4.69, 9.17) is 23.7 Å². The zero-order chi connectivity index (χ0) is 33.0. The molecule has 0 aromatic carbocycles. The van der Waals surface area contributed by atoms with Crippen molar-refractivity contribution >= 4 is 23.9 Å². The molecular formula is C31H52N2O9. The van der Waals surface area contributed by atoms with Crippen LogP contribution in [0.25, 0.3) is 0 Å². The minimum atomic E-state index is -1.37. The monoisotopic (exact) mass is 596 g/mol. The van der Waals surface area contributed by atoms with E-state index in [0.29, 0.717) is 0 Å². The third-order valence-corrected chi connectivity index (χ3v) is 6.34. The molecule has 42 heavy (non-hydrogen) atoms. The molecular weight excluding hydrogens is 544 g/mol. The highest BCUT2D eigenvalue weighted by Gasteiger charge is 2.55. The molecule has 11 nitrogen and oxygen atoms in total. The van der Waals surface area contributed by atoms with Crippen molar-refractivity contribution in [3.63, 3.8) is 0 Å². The average Bonchev–Trinajstić information content (AvgIpc) is 2.81. The molecule has 240 valence electrons. The molecule has 1 fully saturated rings. The summed E-state index contributed by atoms with van der Waals surface area (Å²) in [5.74, 6) is -2.62. The third kappa shape index (κ3) is 10.5. The summed E-state index contributed by atoms with van der Waals surface area (Å²) in [6, 6.07) is 1.42. The normalized spacial score (nSPS) is 24.3. The highest BCUT2D eigenvalue weighted by molar-refractivity contribution is 5.78. The minimum Gasteiger partial charge on any atom is -0.462 e. The number of hydrogen-bond acceptors (Lipinski definition) is 11. The number of rotatable bonds is 8. The van der Waals surface area contributed by atoms with Gasteiger partial charge in [-0.2, -0.15) is 5.26 Å². The van der Waals surface area contributed by atoms with Crippen LogP contribution in [-0.4, -0.2) is 67.2 Å². The summed E-state index contributed by atoms with van der Waals surface area (Å²) < 4.78 is 29.7. The summed E-state index contributed by atoms with van der Waals surface area (Å²) in [7, 11) is 0. The number of nitrogens with one attached hydrogen (secondary N) is 1. The molecule has 0 unspecified atom stereocenters. The molecule has 1 N–H and O–H groups in total. The Labute approximate surface area is 251 Å². The van der Waals surface area contributed by atoms with Crippen molar-refractivity contribution in [2.45, 2.75) is 134 Å². The van der Waals surface area contributed by atoms with E-state index in [0.717, 1.165) is 0 Å². The molecule has 0 bridgehead atoms. The summed E-state index contributed by atoms with van der Waals surface area (Å²) in [6.07, 6.45) is -6.36. The quantitative estimate of drug-likeness (QED) is 0.315. The Balaban J connectivity index is 3.82. The number of nitriles is 1. The Morgan fingerprint density at radius 3 is 1.43 bits per heavy atom. The zero-order valence-corrected chi connectivity index (χ0v) is 27.9. The van der Waals surface area contributed by atoms with Gasteiger partial charge in [0.15, 0.2) is 24.5 Å². The van der Waals surface area contributed by atoms with Crippen molar-refractivity contribution in [2.75, 3.05) is 6.61 Å². The van der Waals surface area contributed by atoms with E-state index in [1.807, 2.05) is 13.8 Å². The van der Waals surface area contributed by atoms with Gasteiger partial charge in [-0.15, -0.1) is 0 Å². The van der Waals surface area contributed by atoms with E-state index in [-0.39, 0.29) is 12.5 Å². The fraction of sp³-hybridized carbons (Fsp3) is 0.839. The Bertz CT molecular complexity index is 1020. The van der Waals surface area contributed by atoms with Gasteiger partial charge >= 0.3 is 23.9 Å². The number of nitrogens with zero attached hydrogens (tertiary/aromatic N) is 1. The van der Waals surface area contributed by atoms with Gasteiger partial charge in [-0.05, 0) is 89.0 Å². The molecule has 1 aliphatic rings. The number of carbonyl (C=O) groups excluding carboxylic acids is 4. The van der Waals surface area contributed by atoms with Crippen molar-refractivity contribution in [2.24, 2.45) is 27.6 Å². The maximum atomic E-state index is 13.3. The molecule has 1 heterocycles. The molecule has 0 amide bonds. The highest BCUT2D eigenvalue weighted by Crippen LogP contribution is 2.34. The molecule has 11 heteroatoms. The van der Waals surface area contributed by atoms with E-state index in [9.17, 15) is 24.4 Å². The smallest absolute Gasteiger partial charge is 0.311 e. The summed E-state index contributed by atoms with van der Waals surface area (Å²) >= 11 is 0. The molecule has 0 radical (unpaired) electrons. The molecule has 0 aliphatic carbocycles. The fourth-order valence-electron chi connectivity index (χ4n) is 3.42. The predicted molar refractivity (Wildman–Crippen MR) is 154 cm³/mol. The fourth-order valence-corrected chi connectivity index (χ4v) is 3.42. The molecule has 0 saturated carbocycles. The minimum absolute atomic E-state index is 0.179. The van der Waals surface area contributed by atoms with Crippen LogP contribution in [0, 0.1) is 38.9 Å². The molecule has 1 saturated heterocycles. The van der Waals surface area contributed by atoms with Crippen LogP contribution in [0.1, 0.15) is 96.9 Å². The van der Waals surface area contributed by atoms with Crippen LogP contribution in [0.4, 0.5) is 0 Å². The lowest BCUT2D eigenvalue weighted by Crippen LogP contribution is -2.67. The van der Waals surface area contributed by atoms with Gasteiger partial charge in [0, 0.05) is 0 Å². The molecule has 1 aliphatic heterocycles. The number of hydrogen-bond donors (Lipinski definition) is 1. The van der Waals surface area contributed by atoms with Crippen molar-refractivity contribution in [3.05, 3.63) is 0 Å². The van der Waals surface area contributed by atoms with Crippen LogP contribution in [0.5, 0.6) is 0 Å². The van der Waals surface area contributed by atoms with E-state index in [1.54, 1.807) is 83.1 Å². The van der Waals surface area contributed by atoms with Gasteiger partial charge in [-0.25, -0.2) is 0 Å². The van der Waals surface area contributed by atoms with Crippen LogP contribution in [0.3, 0.4) is 0 Å². The van der Waals surface area contributed by atoms with Crippen molar-refractivity contribution < 1.29 is 42.9 Å². The second-order valence-electron chi connectivity index (χ2n) is 15.3.